The topological polar surface area (TPSA) is 52.6 Å². The Hall–Kier alpha value is -1.16. The third-order valence-electron chi connectivity index (χ3n) is 7.82. The van der Waals surface area contributed by atoms with Crippen LogP contribution in [-0.2, 0) is 19.1 Å². The first kappa shape index (κ1) is 19.6. The van der Waals surface area contributed by atoms with Crippen molar-refractivity contribution in [1.82, 2.24) is 0 Å². The van der Waals surface area contributed by atoms with Gasteiger partial charge in [-0.3, -0.25) is 9.59 Å². The molecule has 0 amide bonds. The highest BCUT2D eigenvalue weighted by atomic mass is 16.5. The normalized spacial score (nSPS) is 48.3. The van der Waals surface area contributed by atoms with Gasteiger partial charge >= 0.3 is 5.97 Å². The van der Waals surface area contributed by atoms with E-state index < -0.39 is 0 Å². The molecule has 2 saturated carbocycles. The molecule has 1 aliphatic heterocycles. The lowest BCUT2D eigenvalue weighted by Crippen LogP contribution is -2.66. The van der Waals surface area contributed by atoms with E-state index in [9.17, 15) is 9.59 Å². The number of hydrogen-bond acceptors (Lipinski definition) is 4. The highest BCUT2D eigenvalue weighted by Gasteiger charge is 2.69. The lowest BCUT2D eigenvalue weighted by molar-refractivity contribution is -0.235. The molecule has 1 spiro atoms. The predicted molar refractivity (Wildman–Crippen MR) is 101 cm³/mol. The van der Waals surface area contributed by atoms with Crippen LogP contribution in [0.2, 0.25) is 0 Å². The van der Waals surface area contributed by atoms with E-state index in [0.717, 1.165) is 32.1 Å². The van der Waals surface area contributed by atoms with Crippen molar-refractivity contribution >= 4 is 11.8 Å². The number of esters is 1. The molecule has 0 unspecified atom stereocenters. The molecule has 2 aliphatic carbocycles. The minimum atomic E-state index is -0.327. The monoisotopic (exact) mass is 362 g/mol. The van der Waals surface area contributed by atoms with Crippen molar-refractivity contribution in [2.24, 2.45) is 22.7 Å². The molecule has 1 saturated heterocycles. The average Bonchev–Trinajstić information content (AvgIpc) is 2.92. The number of fused-ring (bicyclic) bond motifs is 2. The van der Waals surface area contributed by atoms with Crippen molar-refractivity contribution in [3.8, 4) is 0 Å². The largest absolute Gasteiger partial charge is 0.465 e. The van der Waals surface area contributed by atoms with Crippen molar-refractivity contribution in [3.63, 3.8) is 0 Å². The zero-order valence-corrected chi connectivity index (χ0v) is 17.0. The smallest absolute Gasteiger partial charge is 0.302 e. The molecule has 0 aromatic heterocycles. The van der Waals surface area contributed by atoms with Crippen LogP contribution < -0.4 is 0 Å². The molecule has 0 radical (unpaired) electrons. The van der Waals surface area contributed by atoms with Gasteiger partial charge in [0.1, 0.15) is 5.78 Å². The van der Waals surface area contributed by atoms with E-state index in [2.05, 4.69) is 34.3 Å². The Bertz CT molecular complexity index is 628. The highest BCUT2D eigenvalue weighted by molar-refractivity contribution is 5.84. The molecular formula is C22H34O4. The van der Waals surface area contributed by atoms with Crippen molar-refractivity contribution in [1.29, 1.82) is 0 Å². The van der Waals surface area contributed by atoms with Crippen LogP contribution in [0.3, 0.4) is 0 Å². The molecular weight excluding hydrogens is 328 g/mol. The minimum Gasteiger partial charge on any atom is -0.465 e. The number of ether oxygens (including phenoxy) is 2. The summed E-state index contributed by atoms with van der Waals surface area (Å²) in [4.78, 5) is 24.7. The second-order valence-corrected chi connectivity index (χ2v) is 9.72. The van der Waals surface area contributed by atoms with Gasteiger partial charge in [0.15, 0.2) is 0 Å². The van der Waals surface area contributed by atoms with Crippen LogP contribution in [0.4, 0.5) is 0 Å². The zero-order valence-electron chi connectivity index (χ0n) is 17.0. The minimum absolute atomic E-state index is 0.133. The van der Waals surface area contributed by atoms with Crippen LogP contribution in [0.5, 0.6) is 0 Å². The molecule has 26 heavy (non-hydrogen) atoms. The van der Waals surface area contributed by atoms with Crippen LogP contribution in [0, 0.1) is 22.7 Å². The summed E-state index contributed by atoms with van der Waals surface area (Å²) in [6.07, 6.45) is 7.29. The number of Topliss-reactive ketones (excluding diaryl/α,β-unsaturated/α-hetero) is 1. The fraction of sp³-hybridized carbons (Fsp3) is 0.818. The fourth-order valence-electron chi connectivity index (χ4n) is 6.53. The molecule has 4 nitrogen and oxygen atoms in total. The van der Waals surface area contributed by atoms with Crippen molar-refractivity contribution < 1.29 is 19.1 Å². The summed E-state index contributed by atoms with van der Waals surface area (Å²) in [6, 6.07) is 0. The molecule has 1 heterocycles. The van der Waals surface area contributed by atoms with Crippen LogP contribution in [0.15, 0.2) is 12.7 Å². The molecule has 0 aromatic rings. The summed E-state index contributed by atoms with van der Waals surface area (Å²) < 4.78 is 12.2. The second-order valence-electron chi connectivity index (χ2n) is 9.72. The Morgan fingerprint density at radius 2 is 1.96 bits per heavy atom. The van der Waals surface area contributed by atoms with E-state index >= 15 is 0 Å². The van der Waals surface area contributed by atoms with E-state index in [4.69, 9.17) is 9.47 Å². The van der Waals surface area contributed by atoms with Gasteiger partial charge in [0.2, 0.25) is 0 Å². The Kier molecular flexibility index (Phi) is 4.66. The Balaban J connectivity index is 2.04. The second kappa shape index (κ2) is 6.19. The summed E-state index contributed by atoms with van der Waals surface area (Å²) in [7, 11) is 0. The van der Waals surface area contributed by atoms with Gasteiger partial charge in [-0.25, -0.2) is 0 Å². The molecule has 0 bridgehead atoms. The number of hydrogen-bond donors (Lipinski definition) is 0. The quantitative estimate of drug-likeness (QED) is 0.549. The van der Waals surface area contributed by atoms with Gasteiger partial charge in [-0.2, -0.15) is 0 Å². The molecule has 3 fully saturated rings. The summed E-state index contributed by atoms with van der Waals surface area (Å²) in [5.74, 6) is 0.0949. The SMILES string of the molecule is C=C[C@@]1(C)CC[C@@]2(O1)[C@@H](C)CC(=O)[C@H]1[C@@](C)(COC(C)=O)CCC[C@@]12C. The van der Waals surface area contributed by atoms with Crippen LogP contribution in [0.1, 0.15) is 73.1 Å². The summed E-state index contributed by atoms with van der Waals surface area (Å²) in [5, 5.41) is 0. The van der Waals surface area contributed by atoms with E-state index in [-0.39, 0.29) is 39.8 Å². The van der Waals surface area contributed by atoms with Crippen LogP contribution in [0.25, 0.3) is 0 Å². The van der Waals surface area contributed by atoms with E-state index in [1.54, 1.807) is 0 Å². The maximum atomic E-state index is 13.3. The first-order valence-corrected chi connectivity index (χ1v) is 10.0. The Morgan fingerprint density at radius 3 is 2.54 bits per heavy atom. The van der Waals surface area contributed by atoms with Crippen LogP contribution in [-0.4, -0.2) is 29.6 Å². The van der Waals surface area contributed by atoms with Crippen molar-refractivity contribution in [2.75, 3.05) is 6.61 Å². The van der Waals surface area contributed by atoms with Gasteiger partial charge in [-0.05, 0) is 38.5 Å². The molecule has 6 atom stereocenters. The maximum Gasteiger partial charge on any atom is 0.302 e. The van der Waals surface area contributed by atoms with E-state index in [1.807, 2.05) is 6.08 Å². The Labute approximate surface area is 157 Å². The number of carbonyl (C=O) groups is 2. The number of ketones is 1. The molecule has 0 aromatic carbocycles. The molecule has 0 N–H and O–H groups in total. The number of carbonyl (C=O) groups excluding carboxylic acids is 2. The first-order chi connectivity index (χ1) is 12.0. The lowest BCUT2D eigenvalue weighted by Gasteiger charge is -2.63. The predicted octanol–water partition coefficient (Wildman–Crippen LogP) is 4.47. The van der Waals surface area contributed by atoms with Crippen molar-refractivity contribution in [2.45, 2.75) is 84.3 Å². The number of rotatable bonds is 3. The molecule has 3 rings (SSSR count). The maximum absolute atomic E-state index is 13.3. The van der Waals surface area contributed by atoms with Gasteiger partial charge in [0.05, 0.1) is 17.8 Å². The molecule has 3 aliphatic rings. The van der Waals surface area contributed by atoms with Crippen LogP contribution >= 0.6 is 0 Å². The molecule has 4 heteroatoms. The van der Waals surface area contributed by atoms with Gasteiger partial charge in [-0.15, -0.1) is 6.58 Å². The third kappa shape index (κ3) is 2.67. The third-order valence-corrected chi connectivity index (χ3v) is 7.82. The van der Waals surface area contributed by atoms with E-state index in [0.29, 0.717) is 18.8 Å². The fourth-order valence-corrected chi connectivity index (χ4v) is 6.53. The highest BCUT2D eigenvalue weighted by Crippen LogP contribution is 2.66. The summed E-state index contributed by atoms with van der Waals surface area (Å²) >= 11 is 0. The van der Waals surface area contributed by atoms with Gasteiger partial charge in [-0.1, -0.05) is 33.3 Å². The van der Waals surface area contributed by atoms with Gasteiger partial charge in [0.25, 0.3) is 0 Å². The standard InChI is InChI=1S/C22H34O4/c1-7-20(5)11-12-22(26-20)15(2)13-17(24)18-19(4,14-25-16(3)23)9-8-10-21(18,22)6/h7,15,18H,1,8-14H2,2-6H3/t15-,18-,19+,20-,21-,22+/m0/s1. The van der Waals surface area contributed by atoms with E-state index in [1.165, 1.54) is 6.92 Å². The summed E-state index contributed by atoms with van der Waals surface area (Å²) in [6.45, 7) is 14.4. The first-order valence-electron chi connectivity index (χ1n) is 10.0. The average molecular weight is 363 g/mol. The van der Waals surface area contributed by atoms with Gasteiger partial charge < -0.3 is 9.47 Å². The Morgan fingerprint density at radius 1 is 1.27 bits per heavy atom. The summed E-state index contributed by atoms with van der Waals surface area (Å²) in [5.41, 5.74) is -1.20. The van der Waals surface area contributed by atoms with Crippen molar-refractivity contribution in [3.05, 3.63) is 12.7 Å². The molecule has 146 valence electrons. The zero-order chi connectivity index (χ0) is 19.4. The lowest BCUT2D eigenvalue weighted by atomic mass is 9.44. The van der Waals surface area contributed by atoms with Gasteiger partial charge in [0, 0.05) is 30.1 Å².